The van der Waals surface area contributed by atoms with E-state index < -0.39 is 17.3 Å². The van der Waals surface area contributed by atoms with Crippen LogP contribution in [0.5, 0.6) is 0 Å². The van der Waals surface area contributed by atoms with Crippen LogP contribution in [0.15, 0.2) is 54.6 Å². The number of carbonyl (C=O) groups excluding carboxylic acids is 2. The predicted octanol–water partition coefficient (Wildman–Crippen LogP) is 3.09. The van der Waals surface area contributed by atoms with E-state index >= 15 is 0 Å². The SMILES string of the molecule is O=C1CN(Cc2ccccc2)C(=O)C2(C[C@@H]2c2ccc(C(F)(F)F)cc2)N1. The molecule has 0 radical (unpaired) electrons. The van der Waals surface area contributed by atoms with Gasteiger partial charge in [-0.2, -0.15) is 13.2 Å². The lowest BCUT2D eigenvalue weighted by Crippen LogP contribution is -2.60. The third kappa shape index (κ3) is 3.18. The number of alkyl halides is 3. The number of carbonyl (C=O) groups is 2. The molecule has 0 bridgehead atoms. The summed E-state index contributed by atoms with van der Waals surface area (Å²) in [5.74, 6) is -0.745. The van der Waals surface area contributed by atoms with Gasteiger partial charge in [-0.3, -0.25) is 9.59 Å². The normalized spacial score (nSPS) is 24.9. The van der Waals surface area contributed by atoms with E-state index in [0.717, 1.165) is 17.7 Å². The van der Waals surface area contributed by atoms with Gasteiger partial charge in [-0.25, -0.2) is 0 Å². The van der Waals surface area contributed by atoms with Gasteiger partial charge in [0.05, 0.1) is 12.1 Å². The van der Waals surface area contributed by atoms with Crippen molar-refractivity contribution in [3.8, 4) is 0 Å². The Bertz CT molecular complexity index is 880. The number of halogens is 3. The molecule has 7 heteroatoms. The molecule has 2 aromatic rings. The lowest BCUT2D eigenvalue weighted by atomic mass is 10.0. The fourth-order valence-electron chi connectivity index (χ4n) is 3.74. The van der Waals surface area contributed by atoms with Crippen molar-refractivity contribution in [2.45, 2.75) is 30.6 Å². The highest BCUT2D eigenvalue weighted by atomic mass is 19.4. The van der Waals surface area contributed by atoms with Crippen molar-refractivity contribution >= 4 is 11.8 Å². The summed E-state index contributed by atoms with van der Waals surface area (Å²) < 4.78 is 38.2. The molecule has 140 valence electrons. The maximum absolute atomic E-state index is 13.0. The zero-order valence-electron chi connectivity index (χ0n) is 14.3. The van der Waals surface area contributed by atoms with Crippen molar-refractivity contribution in [1.29, 1.82) is 0 Å². The van der Waals surface area contributed by atoms with Crippen LogP contribution in [0.3, 0.4) is 0 Å². The van der Waals surface area contributed by atoms with Gasteiger partial charge < -0.3 is 10.2 Å². The van der Waals surface area contributed by atoms with E-state index in [2.05, 4.69) is 5.32 Å². The average Bonchev–Trinajstić information content (AvgIpc) is 3.34. The van der Waals surface area contributed by atoms with E-state index in [1.54, 1.807) is 0 Å². The molecule has 2 atom stereocenters. The van der Waals surface area contributed by atoms with Crippen molar-refractivity contribution in [1.82, 2.24) is 10.2 Å². The third-order valence-electron chi connectivity index (χ3n) is 5.18. The van der Waals surface area contributed by atoms with Crippen LogP contribution in [0.1, 0.15) is 29.0 Å². The molecule has 1 aliphatic heterocycles. The van der Waals surface area contributed by atoms with E-state index in [4.69, 9.17) is 0 Å². The summed E-state index contributed by atoms with van der Waals surface area (Å²) in [7, 11) is 0. The minimum Gasteiger partial charge on any atom is -0.340 e. The molecule has 27 heavy (non-hydrogen) atoms. The highest BCUT2D eigenvalue weighted by molar-refractivity contribution is 6.01. The first-order valence-corrected chi connectivity index (χ1v) is 8.61. The molecule has 1 saturated heterocycles. The summed E-state index contributed by atoms with van der Waals surface area (Å²) in [5.41, 5.74) is -0.226. The van der Waals surface area contributed by atoms with Gasteiger partial charge >= 0.3 is 6.18 Å². The zero-order valence-corrected chi connectivity index (χ0v) is 14.3. The Morgan fingerprint density at radius 1 is 1.04 bits per heavy atom. The first-order chi connectivity index (χ1) is 12.8. The van der Waals surface area contributed by atoms with E-state index in [9.17, 15) is 22.8 Å². The second-order valence-electron chi connectivity index (χ2n) is 7.04. The molecule has 2 fully saturated rings. The summed E-state index contributed by atoms with van der Waals surface area (Å²) in [6.07, 6.45) is -4.00. The molecule has 4 nitrogen and oxygen atoms in total. The van der Waals surface area contributed by atoms with E-state index in [-0.39, 0.29) is 24.3 Å². The number of benzene rings is 2. The average molecular weight is 374 g/mol. The number of hydrogen-bond acceptors (Lipinski definition) is 2. The molecule has 2 aromatic carbocycles. The highest BCUT2D eigenvalue weighted by Crippen LogP contribution is 2.53. The number of hydrogen-bond donors (Lipinski definition) is 1. The minimum atomic E-state index is -4.40. The Balaban J connectivity index is 1.54. The van der Waals surface area contributed by atoms with Crippen molar-refractivity contribution < 1.29 is 22.8 Å². The molecular formula is C20H17F3N2O2. The molecule has 1 heterocycles. The topological polar surface area (TPSA) is 49.4 Å². The first-order valence-electron chi connectivity index (χ1n) is 8.61. The Hall–Kier alpha value is -2.83. The Labute approximate surface area is 154 Å². The fourth-order valence-corrected chi connectivity index (χ4v) is 3.74. The fraction of sp³-hybridized carbons (Fsp3) is 0.300. The van der Waals surface area contributed by atoms with Gasteiger partial charge in [-0.05, 0) is 29.7 Å². The summed E-state index contributed by atoms with van der Waals surface area (Å²) >= 11 is 0. The van der Waals surface area contributed by atoms with Gasteiger partial charge in [0.25, 0.3) is 0 Å². The molecule has 1 spiro atoms. The quantitative estimate of drug-likeness (QED) is 0.898. The molecule has 1 unspecified atom stereocenters. The summed E-state index contributed by atoms with van der Waals surface area (Å²) in [4.78, 5) is 26.7. The van der Waals surface area contributed by atoms with Crippen LogP contribution in [-0.2, 0) is 22.3 Å². The van der Waals surface area contributed by atoms with Gasteiger partial charge in [0.1, 0.15) is 5.54 Å². The van der Waals surface area contributed by atoms with Gasteiger partial charge in [-0.15, -0.1) is 0 Å². The van der Waals surface area contributed by atoms with E-state index in [1.165, 1.54) is 17.0 Å². The standard InChI is InChI=1S/C20H17F3N2O2/c21-20(22,23)15-8-6-14(7-9-15)16-10-19(16)18(27)25(12-17(26)24-19)11-13-4-2-1-3-5-13/h1-9,16H,10-12H2,(H,24,26)/t16-,19?/m1/s1. The first kappa shape index (κ1) is 17.6. The van der Waals surface area contributed by atoms with Crippen LogP contribution in [-0.4, -0.2) is 28.8 Å². The van der Waals surface area contributed by atoms with Crippen molar-refractivity contribution in [3.05, 3.63) is 71.3 Å². The minimum absolute atomic E-state index is 0.0186. The van der Waals surface area contributed by atoms with Crippen molar-refractivity contribution in [2.24, 2.45) is 0 Å². The zero-order chi connectivity index (χ0) is 19.2. The van der Waals surface area contributed by atoms with E-state index in [0.29, 0.717) is 18.5 Å². The second kappa shape index (κ2) is 6.11. The van der Waals surface area contributed by atoms with Crippen LogP contribution in [0.2, 0.25) is 0 Å². The number of piperazine rings is 1. The second-order valence-corrected chi connectivity index (χ2v) is 7.04. The predicted molar refractivity (Wildman–Crippen MR) is 91.5 cm³/mol. The van der Waals surface area contributed by atoms with Gasteiger partial charge in [0.15, 0.2) is 0 Å². The lowest BCUT2D eigenvalue weighted by Gasteiger charge is -2.33. The molecule has 2 aliphatic rings. The van der Waals surface area contributed by atoms with E-state index in [1.807, 2.05) is 30.3 Å². The molecule has 1 saturated carbocycles. The summed E-state index contributed by atoms with van der Waals surface area (Å²) in [6.45, 7) is 0.309. The smallest absolute Gasteiger partial charge is 0.340 e. The maximum atomic E-state index is 13.0. The number of rotatable bonds is 3. The molecule has 0 aromatic heterocycles. The molecule has 1 N–H and O–H groups in total. The molecular weight excluding hydrogens is 357 g/mol. The van der Waals surface area contributed by atoms with Gasteiger partial charge in [0.2, 0.25) is 11.8 Å². The Morgan fingerprint density at radius 2 is 1.70 bits per heavy atom. The van der Waals surface area contributed by atoms with Crippen LogP contribution >= 0.6 is 0 Å². The lowest BCUT2D eigenvalue weighted by molar-refractivity contribution is -0.146. The third-order valence-corrected chi connectivity index (χ3v) is 5.18. The highest BCUT2D eigenvalue weighted by Gasteiger charge is 2.64. The number of amides is 2. The van der Waals surface area contributed by atoms with Crippen LogP contribution < -0.4 is 5.32 Å². The summed E-state index contributed by atoms with van der Waals surface area (Å²) in [6, 6.07) is 14.2. The van der Waals surface area contributed by atoms with Crippen LogP contribution in [0, 0.1) is 0 Å². The Kier molecular flexibility index (Phi) is 3.98. The number of nitrogens with one attached hydrogen (secondary N) is 1. The molecule has 2 amide bonds. The van der Waals surface area contributed by atoms with Crippen LogP contribution in [0.25, 0.3) is 0 Å². The largest absolute Gasteiger partial charge is 0.416 e. The molecule has 4 rings (SSSR count). The van der Waals surface area contributed by atoms with Crippen molar-refractivity contribution in [2.75, 3.05) is 6.54 Å². The monoisotopic (exact) mass is 374 g/mol. The Morgan fingerprint density at radius 3 is 2.33 bits per heavy atom. The van der Waals surface area contributed by atoms with Gasteiger partial charge in [0, 0.05) is 12.5 Å². The summed E-state index contributed by atoms with van der Waals surface area (Å²) in [5, 5.41) is 2.77. The number of nitrogens with zero attached hydrogens (tertiary/aromatic N) is 1. The van der Waals surface area contributed by atoms with Crippen LogP contribution in [0.4, 0.5) is 13.2 Å². The molecule has 1 aliphatic carbocycles. The van der Waals surface area contributed by atoms with Crippen molar-refractivity contribution in [3.63, 3.8) is 0 Å². The maximum Gasteiger partial charge on any atom is 0.416 e. The van der Waals surface area contributed by atoms with Gasteiger partial charge in [-0.1, -0.05) is 42.5 Å².